The maximum atomic E-state index is 15.4. The highest BCUT2D eigenvalue weighted by atomic mass is 35.5. The fraction of sp³-hybridized carbons (Fsp3) is 0.303. The molecule has 0 radical (unpaired) electrons. The second-order valence-corrected chi connectivity index (χ2v) is 13.1. The number of allylic oxidation sites excluding steroid dienone is 2. The van der Waals surface area contributed by atoms with E-state index in [1.54, 1.807) is 0 Å². The number of carbonyl (C=O) groups excluding carboxylic acids is 3. The molecule has 242 valence electrons. The maximum absolute atomic E-state index is 15.4. The Bertz CT molecular complexity index is 1760. The third-order valence-corrected chi connectivity index (χ3v) is 9.49. The molecule has 3 aromatic rings. The quantitative estimate of drug-likeness (QED) is 0.105. The van der Waals surface area contributed by atoms with E-state index in [1.807, 2.05) is 12.2 Å². The van der Waals surface area contributed by atoms with E-state index in [0.29, 0.717) is 31.4 Å². The van der Waals surface area contributed by atoms with Crippen LogP contribution in [0.3, 0.4) is 0 Å². The highest BCUT2D eigenvalue weighted by Gasteiger charge is 2.67. The van der Waals surface area contributed by atoms with Gasteiger partial charge >= 0.3 is 6.18 Å². The zero-order valence-electron chi connectivity index (χ0n) is 23.7. The van der Waals surface area contributed by atoms with Crippen molar-refractivity contribution in [2.24, 2.45) is 11.8 Å². The lowest BCUT2D eigenvalue weighted by molar-refractivity contribution is -0.140. The average molecular weight is 703 g/mol. The lowest BCUT2D eigenvalue weighted by Crippen LogP contribution is -2.20. The molecule has 0 aromatic heterocycles. The van der Waals surface area contributed by atoms with Crippen LogP contribution in [0.15, 0.2) is 60.7 Å². The van der Waals surface area contributed by atoms with Crippen molar-refractivity contribution in [1.29, 1.82) is 0 Å². The molecule has 5 rings (SSSR count). The van der Waals surface area contributed by atoms with Gasteiger partial charge in [0.15, 0.2) is 5.78 Å². The van der Waals surface area contributed by atoms with Crippen LogP contribution < -0.4 is 5.32 Å². The highest BCUT2D eigenvalue weighted by Crippen LogP contribution is 2.65. The monoisotopic (exact) mass is 701 g/mol. The first-order chi connectivity index (χ1) is 21.6. The Labute approximate surface area is 274 Å². The summed E-state index contributed by atoms with van der Waals surface area (Å²) in [6, 6.07) is 8.18. The fourth-order valence-corrected chi connectivity index (χ4v) is 6.73. The lowest BCUT2D eigenvalue weighted by Gasteiger charge is -2.17. The maximum Gasteiger partial charge on any atom is 0.419 e. The van der Waals surface area contributed by atoms with Crippen LogP contribution in [-0.2, 0) is 28.6 Å². The van der Waals surface area contributed by atoms with Crippen LogP contribution in [0.5, 0.6) is 0 Å². The Morgan fingerprint density at radius 3 is 2.30 bits per heavy atom. The molecule has 0 heterocycles. The summed E-state index contributed by atoms with van der Waals surface area (Å²) in [5.41, 5.74) is -2.27. The molecular formula is C33H24Cl3F6NO3. The summed E-state index contributed by atoms with van der Waals surface area (Å²) in [5, 5.41) is 2.47. The van der Waals surface area contributed by atoms with Gasteiger partial charge in [-0.25, -0.2) is 13.2 Å². The Morgan fingerprint density at radius 1 is 0.913 bits per heavy atom. The molecule has 1 N–H and O–H groups in total. The number of carbonyl (C=O) groups is 3. The van der Waals surface area contributed by atoms with Crippen molar-refractivity contribution in [2.75, 3.05) is 5.32 Å². The second-order valence-electron chi connectivity index (χ2n) is 11.3. The van der Waals surface area contributed by atoms with Crippen molar-refractivity contribution >= 4 is 58.0 Å². The molecule has 1 amide bonds. The van der Waals surface area contributed by atoms with Gasteiger partial charge in [-0.3, -0.25) is 14.4 Å². The SMILES string of the molecule is O=C(Cc1ccc(F)c(CC(=O)C2CC=CCC2)c1F)c1cc(NC(=O)[C@H]2[C@H](c3ccc(F)c(C(F)(F)F)c3)C2(Cl)Cl)ccc1Cl. The first-order valence-corrected chi connectivity index (χ1v) is 15.2. The molecular weight excluding hydrogens is 679 g/mol. The van der Waals surface area contributed by atoms with Gasteiger partial charge in [0, 0.05) is 41.5 Å². The zero-order valence-corrected chi connectivity index (χ0v) is 25.9. The molecule has 2 aliphatic carbocycles. The van der Waals surface area contributed by atoms with Gasteiger partial charge in [0.05, 0.1) is 16.5 Å². The fourth-order valence-electron chi connectivity index (χ4n) is 5.68. The number of Topliss-reactive ketones (excluding diaryl/α,β-unsaturated/α-hetero) is 2. The minimum absolute atomic E-state index is 0.0365. The minimum Gasteiger partial charge on any atom is -0.326 e. The minimum atomic E-state index is -4.98. The van der Waals surface area contributed by atoms with Gasteiger partial charge in [0.25, 0.3) is 0 Å². The predicted molar refractivity (Wildman–Crippen MR) is 162 cm³/mol. The molecule has 3 atom stereocenters. The largest absolute Gasteiger partial charge is 0.419 e. The molecule has 3 aromatic carbocycles. The predicted octanol–water partition coefficient (Wildman–Crippen LogP) is 9.20. The number of benzene rings is 3. The Balaban J connectivity index is 1.31. The van der Waals surface area contributed by atoms with Gasteiger partial charge < -0.3 is 5.32 Å². The van der Waals surface area contributed by atoms with Crippen molar-refractivity contribution < 1.29 is 40.7 Å². The van der Waals surface area contributed by atoms with Crippen molar-refractivity contribution in [1.82, 2.24) is 0 Å². The standard InChI is InChI=1S/C33H24Cl3F6NO3/c34-23-9-8-19(43-31(46)29-28(32(29,35)36)17-6-11-25(38)22(12-17)33(40,41)42)14-20(23)27(45)13-18-7-10-24(37)21(30(18)39)15-26(44)16-4-2-1-3-5-16/h1-2,6-12,14,16,28-29H,3-5,13,15H2,(H,43,46)/t16?,28-,29+/m0/s1. The van der Waals surface area contributed by atoms with E-state index in [1.165, 1.54) is 18.2 Å². The molecule has 1 saturated carbocycles. The molecule has 13 heteroatoms. The summed E-state index contributed by atoms with van der Waals surface area (Å²) >= 11 is 18.7. The van der Waals surface area contributed by atoms with Crippen molar-refractivity contribution in [3.05, 3.63) is 111 Å². The van der Waals surface area contributed by atoms with Crippen LogP contribution in [0.1, 0.15) is 57.8 Å². The second kappa shape index (κ2) is 13.0. The smallest absolute Gasteiger partial charge is 0.326 e. The van der Waals surface area contributed by atoms with E-state index in [9.17, 15) is 36.3 Å². The summed E-state index contributed by atoms with van der Waals surface area (Å²) in [5.74, 6) is -7.84. The molecule has 0 bridgehead atoms. The summed E-state index contributed by atoms with van der Waals surface area (Å²) in [7, 11) is 0. The highest BCUT2D eigenvalue weighted by molar-refractivity contribution is 6.53. The van der Waals surface area contributed by atoms with E-state index in [4.69, 9.17) is 34.8 Å². The molecule has 0 aliphatic heterocycles. The number of halogens is 9. The summed E-state index contributed by atoms with van der Waals surface area (Å²) in [4.78, 5) is 39.0. The van der Waals surface area contributed by atoms with E-state index in [-0.39, 0.29) is 39.1 Å². The molecule has 1 fully saturated rings. The first kappa shape index (κ1) is 34.0. The van der Waals surface area contributed by atoms with E-state index in [0.717, 1.165) is 18.2 Å². The van der Waals surface area contributed by atoms with Crippen molar-refractivity contribution in [2.45, 2.75) is 48.5 Å². The Kier molecular flexibility index (Phi) is 9.64. The third-order valence-electron chi connectivity index (χ3n) is 8.22. The number of nitrogens with one attached hydrogen (secondary N) is 1. The molecule has 4 nitrogen and oxygen atoms in total. The molecule has 0 saturated heterocycles. The number of anilines is 1. The number of rotatable bonds is 9. The zero-order chi connectivity index (χ0) is 33.6. The lowest BCUT2D eigenvalue weighted by atomic mass is 9.87. The van der Waals surface area contributed by atoms with Crippen LogP contribution >= 0.6 is 34.8 Å². The Hall–Kier alpha value is -3.34. The average Bonchev–Trinajstić information content (AvgIpc) is 3.59. The van der Waals surface area contributed by atoms with Crippen LogP contribution in [0.25, 0.3) is 0 Å². The van der Waals surface area contributed by atoms with Crippen molar-refractivity contribution in [3.8, 4) is 0 Å². The van der Waals surface area contributed by atoms with Crippen LogP contribution in [-0.4, -0.2) is 21.8 Å². The molecule has 46 heavy (non-hydrogen) atoms. The number of hydrogen-bond acceptors (Lipinski definition) is 3. The van der Waals surface area contributed by atoms with E-state index >= 15 is 4.39 Å². The van der Waals surface area contributed by atoms with Gasteiger partial charge in [-0.05, 0) is 66.8 Å². The van der Waals surface area contributed by atoms with Gasteiger partial charge in [0.2, 0.25) is 5.91 Å². The normalized spacial score (nSPS) is 20.3. The van der Waals surface area contributed by atoms with Crippen LogP contribution in [0.2, 0.25) is 5.02 Å². The first-order valence-electron chi connectivity index (χ1n) is 14.1. The van der Waals surface area contributed by atoms with Gasteiger partial charge in [-0.15, -0.1) is 23.2 Å². The number of amides is 1. The van der Waals surface area contributed by atoms with Crippen molar-refractivity contribution in [3.63, 3.8) is 0 Å². The van der Waals surface area contributed by atoms with E-state index < -0.39 is 75.5 Å². The van der Waals surface area contributed by atoms with E-state index in [2.05, 4.69) is 5.32 Å². The van der Waals surface area contributed by atoms with Crippen LogP contribution in [0, 0.1) is 29.3 Å². The molecule has 0 spiro atoms. The number of alkyl halides is 5. The summed E-state index contributed by atoms with van der Waals surface area (Å²) in [6.45, 7) is 0. The summed E-state index contributed by atoms with van der Waals surface area (Å²) < 4.78 is 81.6. The van der Waals surface area contributed by atoms with Gasteiger partial charge in [-0.2, -0.15) is 13.2 Å². The number of ketones is 2. The third kappa shape index (κ3) is 6.99. The van der Waals surface area contributed by atoms with Gasteiger partial charge in [-0.1, -0.05) is 35.9 Å². The molecule has 2 aliphatic rings. The molecule has 1 unspecified atom stereocenters. The van der Waals surface area contributed by atoms with Crippen LogP contribution in [0.4, 0.5) is 32.0 Å². The topological polar surface area (TPSA) is 63.2 Å². The van der Waals surface area contributed by atoms with Gasteiger partial charge in [0.1, 0.15) is 27.6 Å². The number of hydrogen-bond donors (Lipinski definition) is 1. The summed E-state index contributed by atoms with van der Waals surface area (Å²) in [6.07, 6.45) is -0.396. The Morgan fingerprint density at radius 2 is 1.63 bits per heavy atom.